The van der Waals surface area contributed by atoms with Crippen LogP contribution in [0.5, 0.6) is 5.75 Å². The van der Waals surface area contributed by atoms with Crippen LogP contribution in [0, 0.1) is 5.92 Å². The lowest BCUT2D eigenvalue weighted by Crippen LogP contribution is -2.34. The fourth-order valence-corrected chi connectivity index (χ4v) is 4.36. The normalized spacial score (nSPS) is 17.8. The summed E-state index contributed by atoms with van der Waals surface area (Å²) in [5.74, 6) is 1.54. The van der Waals surface area contributed by atoms with Gasteiger partial charge in [0.1, 0.15) is 16.9 Å². The van der Waals surface area contributed by atoms with Gasteiger partial charge in [-0.2, -0.15) is 0 Å². The van der Waals surface area contributed by atoms with Crippen LogP contribution in [0.2, 0.25) is 5.02 Å². The van der Waals surface area contributed by atoms with Crippen LogP contribution in [0.25, 0.3) is 21.9 Å². The Kier molecular flexibility index (Phi) is 6.41. The van der Waals surface area contributed by atoms with E-state index in [2.05, 4.69) is 11.8 Å². The van der Waals surface area contributed by atoms with E-state index in [4.69, 9.17) is 20.8 Å². The predicted octanol–water partition coefficient (Wildman–Crippen LogP) is 5.88. The van der Waals surface area contributed by atoms with E-state index in [1.165, 1.54) is 38.9 Å². The first-order valence-electron chi connectivity index (χ1n) is 10.6. The van der Waals surface area contributed by atoms with Gasteiger partial charge < -0.3 is 14.1 Å². The highest BCUT2D eigenvalue weighted by Crippen LogP contribution is 2.24. The molecule has 0 radical (unpaired) electrons. The first-order chi connectivity index (χ1) is 14.1. The van der Waals surface area contributed by atoms with E-state index < -0.39 is 0 Å². The monoisotopic (exact) mass is 413 g/mol. The van der Waals surface area contributed by atoms with Crippen molar-refractivity contribution in [3.05, 3.63) is 51.6 Å². The van der Waals surface area contributed by atoms with E-state index in [9.17, 15) is 4.79 Å². The van der Waals surface area contributed by atoms with E-state index in [1.807, 2.05) is 6.07 Å². The van der Waals surface area contributed by atoms with Crippen LogP contribution in [0.4, 0.5) is 0 Å². The number of piperidine rings is 1. The second-order valence-corrected chi connectivity index (χ2v) is 8.62. The zero-order valence-electron chi connectivity index (χ0n) is 17.0. The standard InChI is InChI=1S/C24H28ClNO3/c1-17-6-5-12-26(16-17)11-3-2-4-13-28-19-8-10-23-21(15-19)24(27)20-14-18(25)7-9-22(20)29-23/h7-10,14-15,17H,2-6,11-13,16H2,1H3. The number of fused-ring (bicyclic) bond motifs is 2. The van der Waals surface area contributed by atoms with Gasteiger partial charge in [0.15, 0.2) is 0 Å². The molecule has 0 saturated carbocycles. The van der Waals surface area contributed by atoms with E-state index >= 15 is 0 Å². The molecule has 4 nitrogen and oxygen atoms in total. The van der Waals surface area contributed by atoms with E-state index in [0.29, 0.717) is 39.3 Å². The minimum Gasteiger partial charge on any atom is -0.494 e. The summed E-state index contributed by atoms with van der Waals surface area (Å²) in [6.07, 6.45) is 6.09. The van der Waals surface area contributed by atoms with Crippen molar-refractivity contribution < 1.29 is 9.15 Å². The summed E-state index contributed by atoms with van der Waals surface area (Å²) in [6, 6.07) is 10.5. The summed E-state index contributed by atoms with van der Waals surface area (Å²) in [5, 5.41) is 1.54. The van der Waals surface area contributed by atoms with Crippen molar-refractivity contribution in [2.45, 2.75) is 39.0 Å². The van der Waals surface area contributed by atoms with E-state index in [-0.39, 0.29) is 5.43 Å². The van der Waals surface area contributed by atoms with Gasteiger partial charge in [0.2, 0.25) is 5.43 Å². The minimum absolute atomic E-state index is 0.0787. The number of ether oxygens (including phenoxy) is 1. The molecule has 0 bridgehead atoms. The fraction of sp³-hybridized carbons (Fsp3) is 0.458. The van der Waals surface area contributed by atoms with Crippen LogP contribution >= 0.6 is 11.6 Å². The zero-order valence-corrected chi connectivity index (χ0v) is 17.7. The molecule has 5 heteroatoms. The summed E-state index contributed by atoms with van der Waals surface area (Å²) in [7, 11) is 0. The molecule has 1 atom stereocenters. The maximum absolute atomic E-state index is 12.8. The number of hydrogen-bond donors (Lipinski definition) is 0. The summed E-state index contributed by atoms with van der Waals surface area (Å²) in [5.41, 5.74) is 1.03. The number of rotatable bonds is 7. The van der Waals surface area contributed by atoms with Crippen molar-refractivity contribution in [1.82, 2.24) is 4.90 Å². The Morgan fingerprint density at radius 2 is 1.90 bits per heavy atom. The highest BCUT2D eigenvalue weighted by molar-refractivity contribution is 6.31. The number of benzene rings is 2. The van der Waals surface area contributed by atoms with Crippen LogP contribution in [0.1, 0.15) is 39.0 Å². The van der Waals surface area contributed by atoms with Crippen molar-refractivity contribution in [1.29, 1.82) is 0 Å². The number of hydrogen-bond acceptors (Lipinski definition) is 4. The second-order valence-electron chi connectivity index (χ2n) is 8.19. The maximum Gasteiger partial charge on any atom is 0.200 e. The zero-order chi connectivity index (χ0) is 20.2. The Labute approximate surface area is 176 Å². The van der Waals surface area contributed by atoms with Crippen LogP contribution < -0.4 is 10.2 Å². The third kappa shape index (κ3) is 4.93. The lowest BCUT2D eigenvalue weighted by molar-refractivity contribution is 0.179. The molecule has 2 aromatic carbocycles. The first kappa shape index (κ1) is 20.2. The van der Waals surface area contributed by atoms with Crippen molar-refractivity contribution in [2.75, 3.05) is 26.2 Å². The second kappa shape index (κ2) is 9.19. The Bertz CT molecular complexity index is 1050. The molecule has 0 amide bonds. The minimum atomic E-state index is -0.0787. The summed E-state index contributed by atoms with van der Waals surface area (Å²) >= 11 is 6.03. The van der Waals surface area contributed by atoms with Gasteiger partial charge in [0.05, 0.1) is 17.4 Å². The Morgan fingerprint density at radius 1 is 1.10 bits per heavy atom. The predicted molar refractivity (Wildman–Crippen MR) is 119 cm³/mol. The SMILES string of the molecule is CC1CCCN(CCCCCOc2ccc3oc4ccc(Cl)cc4c(=O)c3c2)C1. The quantitative estimate of drug-likeness (QED) is 0.358. The number of likely N-dealkylation sites (tertiary alicyclic amines) is 1. The van der Waals surface area contributed by atoms with Crippen LogP contribution in [-0.4, -0.2) is 31.1 Å². The molecule has 1 unspecified atom stereocenters. The highest BCUT2D eigenvalue weighted by atomic mass is 35.5. The molecule has 0 spiro atoms. The van der Waals surface area contributed by atoms with Crippen LogP contribution in [0.3, 0.4) is 0 Å². The van der Waals surface area contributed by atoms with Gasteiger partial charge >= 0.3 is 0 Å². The van der Waals surface area contributed by atoms with E-state index in [0.717, 1.165) is 18.8 Å². The number of nitrogens with zero attached hydrogens (tertiary/aromatic N) is 1. The molecule has 2 heterocycles. The molecule has 4 rings (SSSR count). The molecule has 1 saturated heterocycles. The molecular formula is C24H28ClNO3. The lowest BCUT2D eigenvalue weighted by atomic mass is 10.00. The van der Waals surface area contributed by atoms with Crippen molar-refractivity contribution in [3.8, 4) is 5.75 Å². The molecule has 3 aromatic rings. The largest absolute Gasteiger partial charge is 0.494 e. The third-order valence-electron chi connectivity index (χ3n) is 5.73. The van der Waals surface area contributed by atoms with Crippen molar-refractivity contribution >= 4 is 33.5 Å². The van der Waals surface area contributed by atoms with Gasteiger partial charge in [-0.1, -0.05) is 18.5 Å². The summed E-state index contributed by atoms with van der Waals surface area (Å²) in [6.45, 7) is 6.70. The van der Waals surface area contributed by atoms with Crippen molar-refractivity contribution in [3.63, 3.8) is 0 Å². The highest BCUT2D eigenvalue weighted by Gasteiger charge is 2.15. The summed E-state index contributed by atoms with van der Waals surface area (Å²) < 4.78 is 11.7. The van der Waals surface area contributed by atoms with Crippen molar-refractivity contribution in [2.24, 2.45) is 5.92 Å². The molecule has 1 aliphatic heterocycles. The maximum atomic E-state index is 12.8. The molecule has 1 aliphatic rings. The summed E-state index contributed by atoms with van der Waals surface area (Å²) in [4.78, 5) is 15.4. The molecule has 29 heavy (non-hydrogen) atoms. The van der Waals surface area contributed by atoms with E-state index in [1.54, 1.807) is 30.3 Å². The van der Waals surface area contributed by atoms with Gasteiger partial charge in [0.25, 0.3) is 0 Å². The Hall–Kier alpha value is -2.04. The van der Waals surface area contributed by atoms with Gasteiger partial charge in [-0.15, -0.1) is 0 Å². The fourth-order valence-electron chi connectivity index (χ4n) is 4.19. The number of halogens is 1. The van der Waals surface area contributed by atoms with Gasteiger partial charge in [-0.3, -0.25) is 4.79 Å². The van der Waals surface area contributed by atoms with Gasteiger partial charge in [-0.05, 0) is 87.5 Å². The van der Waals surface area contributed by atoms with Gasteiger partial charge in [-0.25, -0.2) is 0 Å². The lowest BCUT2D eigenvalue weighted by Gasteiger charge is -2.30. The number of unbranched alkanes of at least 4 members (excludes halogenated alkanes) is 2. The van der Waals surface area contributed by atoms with Crippen LogP contribution in [0.15, 0.2) is 45.6 Å². The molecular weight excluding hydrogens is 386 g/mol. The third-order valence-corrected chi connectivity index (χ3v) is 5.97. The van der Waals surface area contributed by atoms with Crippen LogP contribution in [-0.2, 0) is 0 Å². The topological polar surface area (TPSA) is 42.7 Å². The average molecular weight is 414 g/mol. The molecule has 1 aromatic heterocycles. The molecule has 154 valence electrons. The Morgan fingerprint density at radius 3 is 2.72 bits per heavy atom. The molecule has 0 aliphatic carbocycles. The molecule has 0 N–H and O–H groups in total. The molecule has 1 fully saturated rings. The van der Waals surface area contributed by atoms with Gasteiger partial charge in [0, 0.05) is 11.6 Å². The smallest absolute Gasteiger partial charge is 0.200 e. The first-order valence-corrected chi connectivity index (χ1v) is 11.0. The average Bonchev–Trinajstić information content (AvgIpc) is 2.72. The Balaban J connectivity index is 1.32.